The molecule has 8 nitrogen and oxygen atoms in total. The number of hydrogen-bond donors (Lipinski definition) is 5. The number of aromatic carboxylic acids is 1. The van der Waals surface area contributed by atoms with Crippen LogP contribution < -0.4 is 0 Å². The highest BCUT2D eigenvalue weighted by molar-refractivity contribution is 6.27. The Bertz CT molecular complexity index is 1310. The Kier molecular flexibility index (Phi) is 6.79. The molecule has 8 heteroatoms. The molecule has 170 valence electrons. The predicted molar refractivity (Wildman–Crippen MR) is 122 cm³/mol. The van der Waals surface area contributed by atoms with Gasteiger partial charge in [-0.3, -0.25) is 9.59 Å². The molecule has 0 radical (unpaired) electrons. The van der Waals surface area contributed by atoms with Crippen LogP contribution in [-0.2, 0) is 0 Å². The molecule has 0 saturated heterocycles. The molecule has 1 atom stereocenters. The normalized spacial score (nSPS) is 13.5. The van der Waals surface area contributed by atoms with Gasteiger partial charge in [0.2, 0.25) is 0 Å². The number of Topliss-reactive ketones (excluding diaryl/α,β-unsaturated/α-hetero) is 1. The Balaban J connectivity index is 0.000000215. The summed E-state index contributed by atoms with van der Waals surface area (Å²) in [5.74, 6) is -2.90. The third kappa shape index (κ3) is 4.86. The van der Waals surface area contributed by atoms with Gasteiger partial charge in [-0.2, -0.15) is 0 Å². The summed E-state index contributed by atoms with van der Waals surface area (Å²) in [5, 5.41) is 39.0. The first-order valence-electron chi connectivity index (χ1n) is 10.1. The van der Waals surface area contributed by atoms with E-state index in [1.165, 1.54) is 6.20 Å². The molecule has 0 amide bonds. The number of aromatic amines is 1. The largest absolute Gasteiger partial charge is 0.507 e. The lowest BCUT2D eigenvalue weighted by Gasteiger charge is -2.20. The zero-order valence-electron chi connectivity index (χ0n) is 18.0. The second-order valence-electron chi connectivity index (χ2n) is 7.73. The first-order chi connectivity index (χ1) is 15.6. The quantitative estimate of drug-likeness (QED) is 0.299. The molecule has 0 spiro atoms. The number of para-hydroxylation sites is 1. The molecule has 1 aliphatic carbocycles. The molecule has 33 heavy (non-hydrogen) atoms. The number of carbonyl (C=O) groups excluding carboxylic acids is 2. The molecule has 1 heterocycles. The Morgan fingerprint density at radius 1 is 1.03 bits per heavy atom. The number of carboxylic acid groups (broad SMARTS) is 1. The third-order valence-corrected chi connectivity index (χ3v) is 5.11. The molecule has 0 aliphatic heterocycles. The van der Waals surface area contributed by atoms with Gasteiger partial charge in [0.05, 0.1) is 22.8 Å². The van der Waals surface area contributed by atoms with Crippen LogP contribution in [0, 0.1) is 0 Å². The van der Waals surface area contributed by atoms with E-state index in [4.69, 9.17) is 5.11 Å². The average Bonchev–Trinajstić information content (AvgIpc) is 3.21. The number of hydrogen-bond acceptors (Lipinski definition) is 6. The summed E-state index contributed by atoms with van der Waals surface area (Å²) in [7, 11) is 0. The number of ketones is 2. The Morgan fingerprint density at radius 3 is 2.30 bits per heavy atom. The van der Waals surface area contributed by atoms with Gasteiger partial charge in [0.25, 0.3) is 0 Å². The number of H-pyrrole nitrogens is 1. The number of fused-ring (bicyclic) bond motifs is 2. The molecule has 0 bridgehead atoms. The van der Waals surface area contributed by atoms with Crippen molar-refractivity contribution in [2.24, 2.45) is 0 Å². The Hall–Kier alpha value is -4.17. The van der Waals surface area contributed by atoms with Gasteiger partial charge < -0.3 is 25.4 Å². The molecule has 1 aliphatic rings. The summed E-state index contributed by atoms with van der Waals surface area (Å²) >= 11 is 0. The molecule has 1 aromatic heterocycles. The highest BCUT2D eigenvalue weighted by atomic mass is 16.4. The van der Waals surface area contributed by atoms with Crippen molar-refractivity contribution in [1.82, 2.24) is 4.98 Å². The van der Waals surface area contributed by atoms with Crippen molar-refractivity contribution >= 4 is 28.4 Å². The molecule has 0 saturated carbocycles. The molecule has 0 fully saturated rings. The number of rotatable bonds is 4. The summed E-state index contributed by atoms with van der Waals surface area (Å²) < 4.78 is 0. The number of aromatic nitrogens is 1. The van der Waals surface area contributed by atoms with E-state index in [2.05, 4.69) is 4.98 Å². The molecular weight excluding hydrogens is 426 g/mol. The topological polar surface area (TPSA) is 148 Å². The van der Waals surface area contributed by atoms with Crippen molar-refractivity contribution in [1.29, 1.82) is 0 Å². The average molecular weight is 449 g/mol. The maximum Gasteiger partial charge on any atom is 0.337 e. The third-order valence-electron chi connectivity index (χ3n) is 5.11. The molecule has 5 N–H and O–H groups in total. The van der Waals surface area contributed by atoms with Crippen LogP contribution in [0.4, 0.5) is 0 Å². The van der Waals surface area contributed by atoms with E-state index in [9.17, 15) is 29.7 Å². The summed E-state index contributed by atoms with van der Waals surface area (Å²) in [6, 6.07) is 9.62. The SMILES string of the molecule is CC(C)=CC[C@@H](O)C1=CC(=O)c2c(O)ccc(O)c2C1=O.O=C(O)c1c[nH]c2ccccc12. The van der Waals surface area contributed by atoms with E-state index < -0.39 is 23.6 Å². The van der Waals surface area contributed by atoms with Crippen LogP contribution in [0.3, 0.4) is 0 Å². The monoisotopic (exact) mass is 449 g/mol. The summed E-state index contributed by atoms with van der Waals surface area (Å²) in [6.07, 6.45) is 3.34. The van der Waals surface area contributed by atoms with Gasteiger partial charge in [-0.25, -0.2) is 4.79 Å². The Morgan fingerprint density at radius 2 is 1.67 bits per heavy atom. The highest BCUT2D eigenvalue weighted by Crippen LogP contribution is 2.35. The fourth-order valence-corrected chi connectivity index (χ4v) is 3.45. The van der Waals surface area contributed by atoms with Gasteiger partial charge in [0, 0.05) is 22.7 Å². The van der Waals surface area contributed by atoms with E-state index in [0.717, 1.165) is 34.7 Å². The fourth-order valence-electron chi connectivity index (χ4n) is 3.45. The molecule has 3 aromatic rings. The minimum atomic E-state index is -1.13. The van der Waals surface area contributed by atoms with Gasteiger partial charge in [0.15, 0.2) is 11.6 Å². The summed E-state index contributed by atoms with van der Waals surface area (Å²) in [6.45, 7) is 3.71. The molecular formula is C25H23NO7. The zero-order chi connectivity index (χ0) is 24.3. The zero-order valence-corrected chi connectivity index (χ0v) is 18.0. The number of nitrogens with one attached hydrogen (secondary N) is 1. The van der Waals surface area contributed by atoms with Crippen molar-refractivity contribution in [2.45, 2.75) is 26.4 Å². The Labute approximate surface area is 189 Å². The number of phenolic OH excluding ortho intramolecular Hbond substituents is 2. The first-order valence-corrected chi connectivity index (χ1v) is 10.1. The molecule has 0 unspecified atom stereocenters. The molecule has 4 rings (SSSR count). The van der Waals surface area contributed by atoms with E-state index in [1.807, 2.05) is 32.0 Å². The molecule has 2 aromatic carbocycles. The van der Waals surface area contributed by atoms with Gasteiger partial charge in [0.1, 0.15) is 11.5 Å². The van der Waals surface area contributed by atoms with Crippen LogP contribution in [0.1, 0.15) is 51.3 Å². The van der Waals surface area contributed by atoms with Gasteiger partial charge >= 0.3 is 5.97 Å². The van der Waals surface area contributed by atoms with E-state index in [0.29, 0.717) is 5.56 Å². The second-order valence-corrected chi connectivity index (χ2v) is 7.73. The highest BCUT2D eigenvalue weighted by Gasteiger charge is 2.33. The number of aliphatic hydroxyl groups excluding tert-OH is 1. The van der Waals surface area contributed by atoms with Crippen molar-refractivity contribution in [3.63, 3.8) is 0 Å². The smallest absolute Gasteiger partial charge is 0.337 e. The second kappa shape index (κ2) is 9.54. The van der Waals surface area contributed by atoms with Crippen LogP contribution in [-0.4, -0.2) is 49.0 Å². The van der Waals surface area contributed by atoms with Gasteiger partial charge in [-0.1, -0.05) is 29.8 Å². The minimum absolute atomic E-state index is 0.0779. The maximum absolute atomic E-state index is 12.3. The standard InChI is InChI=1S/C16H16O5.C9H7NO2/c1-8(2)3-4-10(17)9-7-13(20)14-11(18)5-6-12(19)15(14)16(9)21;11-9(12)7-5-10-8-4-2-1-3-6(7)8/h3,5-7,10,17-19H,4H2,1-2H3;1-5,10H,(H,11,12)/t10-;/m1./s1. The number of aromatic hydroxyl groups is 2. The van der Waals surface area contributed by atoms with Gasteiger partial charge in [-0.15, -0.1) is 0 Å². The lowest BCUT2D eigenvalue weighted by molar-refractivity contribution is 0.0698. The number of aliphatic hydroxyl groups is 1. The van der Waals surface area contributed by atoms with E-state index >= 15 is 0 Å². The van der Waals surface area contributed by atoms with Crippen LogP contribution in [0.2, 0.25) is 0 Å². The first kappa shape index (κ1) is 23.5. The van der Waals surface area contributed by atoms with E-state index in [1.54, 1.807) is 12.1 Å². The lowest BCUT2D eigenvalue weighted by atomic mass is 9.85. The van der Waals surface area contributed by atoms with Crippen LogP contribution in [0.15, 0.2) is 65.9 Å². The van der Waals surface area contributed by atoms with Crippen molar-refractivity contribution in [2.75, 3.05) is 0 Å². The van der Waals surface area contributed by atoms with Crippen LogP contribution in [0.5, 0.6) is 11.5 Å². The van der Waals surface area contributed by atoms with Crippen molar-refractivity contribution < 1.29 is 34.8 Å². The number of allylic oxidation sites excluding steroid dienone is 2. The number of phenols is 2. The number of carboxylic acids is 1. The lowest BCUT2D eigenvalue weighted by Crippen LogP contribution is -2.25. The number of benzene rings is 2. The minimum Gasteiger partial charge on any atom is -0.507 e. The van der Waals surface area contributed by atoms with E-state index in [-0.39, 0.29) is 34.6 Å². The van der Waals surface area contributed by atoms with Crippen molar-refractivity contribution in [3.8, 4) is 11.5 Å². The maximum atomic E-state index is 12.3. The fraction of sp³-hybridized carbons (Fsp3) is 0.160. The summed E-state index contributed by atoms with van der Waals surface area (Å²) in [4.78, 5) is 37.9. The van der Waals surface area contributed by atoms with Gasteiger partial charge in [-0.05, 0) is 44.5 Å². The summed E-state index contributed by atoms with van der Waals surface area (Å²) in [5.41, 5.74) is 1.60. The van der Waals surface area contributed by atoms with Crippen molar-refractivity contribution in [3.05, 3.63) is 82.6 Å². The van der Waals surface area contributed by atoms with Crippen LogP contribution >= 0.6 is 0 Å². The van der Waals surface area contributed by atoms with Crippen LogP contribution in [0.25, 0.3) is 10.9 Å². The predicted octanol–water partition coefficient (Wildman–Crippen LogP) is 3.99. The number of carbonyl (C=O) groups is 3.